The minimum Gasteiger partial charge on any atom is -0.324 e. The van der Waals surface area contributed by atoms with Crippen molar-refractivity contribution in [1.82, 2.24) is 0 Å². The smallest absolute Gasteiger partial charge is 0.244 e. The fraction of sp³-hybridized carbons (Fsp3) is 0.176. The van der Waals surface area contributed by atoms with E-state index < -0.39 is 0 Å². The van der Waals surface area contributed by atoms with Crippen molar-refractivity contribution in [2.24, 2.45) is 0 Å². The molecule has 0 atom stereocenters. The average molecular weight is 317 g/mol. The van der Waals surface area contributed by atoms with Gasteiger partial charge < -0.3 is 10.2 Å². The molecule has 0 radical (unpaired) electrons. The van der Waals surface area contributed by atoms with Crippen LogP contribution in [0.1, 0.15) is 12.5 Å². The molecule has 5 heteroatoms. The lowest BCUT2D eigenvalue weighted by atomic mass is 10.2. The zero-order valence-corrected chi connectivity index (χ0v) is 13.2. The van der Waals surface area contributed by atoms with Crippen LogP contribution in [0.3, 0.4) is 0 Å². The monoisotopic (exact) mass is 316 g/mol. The second-order valence-corrected chi connectivity index (χ2v) is 5.44. The number of nitrogens with one attached hydrogen (secondary N) is 1. The maximum Gasteiger partial charge on any atom is 0.244 e. The summed E-state index contributed by atoms with van der Waals surface area (Å²) in [5.74, 6) is -0.467. The Morgan fingerprint density at radius 3 is 2.50 bits per heavy atom. The number of halogens is 1. The third kappa shape index (κ3) is 4.33. The molecule has 0 fully saturated rings. The molecule has 0 aliphatic rings. The predicted molar refractivity (Wildman–Crippen MR) is 89.3 cm³/mol. The average Bonchev–Trinajstić information content (AvgIpc) is 2.44. The maximum atomic E-state index is 12.1. The van der Waals surface area contributed by atoms with Gasteiger partial charge in [0.25, 0.3) is 0 Å². The van der Waals surface area contributed by atoms with E-state index in [4.69, 9.17) is 11.6 Å². The van der Waals surface area contributed by atoms with Crippen LogP contribution in [0.5, 0.6) is 0 Å². The third-order valence-electron chi connectivity index (χ3n) is 3.10. The first-order valence-corrected chi connectivity index (χ1v) is 7.23. The van der Waals surface area contributed by atoms with Gasteiger partial charge in [0.2, 0.25) is 11.8 Å². The van der Waals surface area contributed by atoms with E-state index >= 15 is 0 Å². The first kappa shape index (κ1) is 16.0. The fourth-order valence-electron chi connectivity index (χ4n) is 2.09. The molecule has 0 spiro atoms. The number of rotatable bonds is 4. The Kier molecular flexibility index (Phi) is 5.17. The minimum atomic E-state index is -0.279. The van der Waals surface area contributed by atoms with Crippen molar-refractivity contribution >= 4 is 34.8 Å². The summed E-state index contributed by atoms with van der Waals surface area (Å²) < 4.78 is 0. The van der Waals surface area contributed by atoms with Crippen molar-refractivity contribution in [2.75, 3.05) is 16.8 Å². The van der Waals surface area contributed by atoms with Crippen molar-refractivity contribution in [3.8, 4) is 0 Å². The molecular weight excluding hydrogens is 300 g/mol. The van der Waals surface area contributed by atoms with Gasteiger partial charge in [0.05, 0.1) is 0 Å². The van der Waals surface area contributed by atoms with Gasteiger partial charge in [-0.05, 0) is 42.8 Å². The molecular formula is C17H17ClN2O2. The SMILES string of the molecule is CC(=O)N(CC(=O)Nc1cccc(Cl)c1)c1cccc(C)c1. The quantitative estimate of drug-likeness (QED) is 0.936. The molecule has 1 N–H and O–H groups in total. The summed E-state index contributed by atoms with van der Waals surface area (Å²) in [5, 5.41) is 3.28. The Morgan fingerprint density at radius 1 is 1.14 bits per heavy atom. The number of carbonyl (C=O) groups excluding carboxylic acids is 2. The lowest BCUT2D eigenvalue weighted by Crippen LogP contribution is -2.36. The van der Waals surface area contributed by atoms with E-state index in [2.05, 4.69) is 5.32 Å². The highest BCUT2D eigenvalue weighted by molar-refractivity contribution is 6.30. The molecule has 2 rings (SSSR count). The first-order valence-electron chi connectivity index (χ1n) is 6.86. The van der Waals surface area contributed by atoms with Crippen LogP contribution in [0.25, 0.3) is 0 Å². The second-order valence-electron chi connectivity index (χ2n) is 5.00. The van der Waals surface area contributed by atoms with E-state index in [-0.39, 0.29) is 18.4 Å². The Hall–Kier alpha value is -2.33. The Bertz CT molecular complexity index is 701. The number of amides is 2. The normalized spacial score (nSPS) is 10.1. The van der Waals surface area contributed by atoms with E-state index in [9.17, 15) is 9.59 Å². The molecule has 0 bridgehead atoms. The van der Waals surface area contributed by atoms with Gasteiger partial charge in [0, 0.05) is 23.3 Å². The maximum absolute atomic E-state index is 12.1. The molecule has 0 saturated heterocycles. The van der Waals surface area contributed by atoms with Crippen molar-refractivity contribution < 1.29 is 9.59 Å². The number of hydrogen-bond donors (Lipinski definition) is 1. The molecule has 2 amide bonds. The third-order valence-corrected chi connectivity index (χ3v) is 3.34. The standard InChI is InChI=1S/C17H17ClN2O2/c1-12-5-3-8-16(9-12)20(13(2)21)11-17(22)19-15-7-4-6-14(18)10-15/h3-10H,11H2,1-2H3,(H,19,22). The predicted octanol–water partition coefficient (Wildman–Crippen LogP) is 3.64. The van der Waals surface area contributed by atoms with Crippen LogP contribution in [0.2, 0.25) is 5.02 Å². The molecule has 4 nitrogen and oxygen atoms in total. The Balaban J connectivity index is 2.11. The van der Waals surface area contributed by atoms with E-state index in [0.29, 0.717) is 16.4 Å². The largest absolute Gasteiger partial charge is 0.324 e. The van der Waals surface area contributed by atoms with E-state index in [1.807, 2.05) is 25.1 Å². The van der Waals surface area contributed by atoms with Crippen molar-refractivity contribution in [3.63, 3.8) is 0 Å². The van der Waals surface area contributed by atoms with Gasteiger partial charge >= 0.3 is 0 Å². The van der Waals surface area contributed by atoms with Gasteiger partial charge in [0.1, 0.15) is 6.54 Å². The van der Waals surface area contributed by atoms with E-state index in [0.717, 1.165) is 5.56 Å². The second kappa shape index (κ2) is 7.09. The van der Waals surface area contributed by atoms with Crippen molar-refractivity contribution in [1.29, 1.82) is 0 Å². The summed E-state index contributed by atoms with van der Waals surface area (Å²) >= 11 is 5.88. The molecule has 0 aliphatic heterocycles. The minimum absolute atomic E-state index is 0.0503. The highest BCUT2D eigenvalue weighted by Gasteiger charge is 2.16. The van der Waals surface area contributed by atoms with E-state index in [1.165, 1.54) is 11.8 Å². The number of nitrogens with zero attached hydrogens (tertiary/aromatic N) is 1. The lowest BCUT2D eigenvalue weighted by Gasteiger charge is -2.21. The van der Waals surface area contributed by atoms with Crippen LogP contribution in [-0.2, 0) is 9.59 Å². The number of carbonyl (C=O) groups is 2. The summed E-state index contributed by atoms with van der Waals surface area (Å²) in [6, 6.07) is 14.4. The molecule has 0 heterocycles. The molecule has 0 unspecified atom stereocenters. The number of anilines is 2. The molecule has 2 aromatic carbocycles. The summed E-state index contributed by atoms with van der Waals surface area (Å²) in [4.78, 5) is 25.4. The Labute approximate surface area is 134 Å². The first-order chi connectivity index (χ1) is 10.5. The molecule has 22 heavy (non-hydrogen) atoms. The van der Waals surface area contributed by atoms with Crippen LogP contribution in [0.15, 0.2) is 48.5 Å². The van der Waals surface area contributed by atoms with Gasteiger partial charge in [-0.25, -0.2) is 0 Å². The van der Waals surface area contributed by atoms with Gasteiger partial charge in [-0.1, -0.05) is 29.8 Å². The highest BCUT2D eigenvalue weighted by atomic mass is 35.5. The van der Waals surface area contributed by atoms with Gasteiger partial charge in [-0.15, -0.1) is 0 Å². The van der Waals surface area contributed by atoms with Gasteiger partial charge in [0.15, 0.2) is 0 Å². The summed E-state index contributed by atoms with van der Waals surface area (Å²) in [6.07, 6.45) is 0. The number of aryl methyl sites for hydroxylation is 1. The van der Waals surface area contributed by atoms with Crippen molar-refractivity contribution in [3.05, 3.63) is 59.1 Å². The molecule has 0 saturated carbocycles. The lowest BCUT2D eigenvalue weighted by molar-refractivity contribution is -0.120. The summed E-state index contributed by atoms with van der Waals surface area (Å²) in [7, 11) is 0. The summed E-state index contributed by atoms with van der Waals surface area (Å²) in [6.45, 7) is 3.33. The number of hydrogen-bond acceptors (Lipinski definition) is 2. The highest BCUT2D eigenvalue weighted by Crippen LogP contribution is 2.17. The molecule has 0 aliphatic carbocycles. The van der Waals surface area contributed by atoms with Gasteiger partial charge in [-0.3, -0.25) is 9.59 Å². The van der Waals surface area contributed by atoms with Crippen LogP contribution < -0.4 is 10.2 Å². The van der Waals surface area contributed by atoms with Gasteiger partial charge in [-0.2, -0.15) is 0 Å². The van der Waals surface area contributed by atoms with Crippen LogP contribution >= 0.6 is 11.6 Å². The van der Waals surface area contributed by atoms with E-state index in [1.54, 1.807) is 30.3 Å². The molecule has 114 valence electrons. The summed E-state index contributed by atoms with van der Waals surface area (Å²) in [5.41, 5.74) is 2.33. The zero-order chi connectivity index (χ0) is 16.1. The molecule has 0 aromatic heterocycles. The molecule has 2 aromatic rings. The Morgan fingerprint density at radius 2 is 1.86 bits per heavy atom. The fourth-order valence-corrected chi connectivity index (χ4v) is 2.28. The topological polar surface area (TPSA) is 49.4 Å². The van der Waals surface area contributed by atoms with Crippen LogP contribution in [0.4, 0.5) is 11.4 Å². The zero-order valence-electron chi connectivity index (χ0n) is 12.5. The number of benzene rings is 2. The van der Waals surface area contributed by atoms with Crippen LogP contribution in [-0.4, -0.2) is 18.4 Å². The van der Waals surface area contributed by atoms with Crippen molar-refractivity contribution in [2.45, 2.75) is 13.8 Å². The van der Waals surface area contributed by atoms with Crippen LogP contribution in [0, 0.1) is 6.92 Å².